The van der Waals surface area contributed by atoms with E-state index in [4.69, 9.17) is 10.3 Å². The predicted molar refractivity (Wildman–Crippen MR) is 57.7 cm³/mol. The van der Waals surface area contributed by atoms with E-state index in [1.165, 1.54) is 18.3 Å². The fourth-order valence-electron chi connectivity index (χ4n) is 1.42. The van der Waals surface area contributed by atoms with Crippen molar-refractivity contribution in [2.24, 2.45) is 0 Å². The fourth-order valence-corrected chi connectivity index (χ4v) is 1.42. The molecule has 0 aliphatic carbocycles. The van der Waals surface area contributed by atoms with Gasteiger partial charge in [-0.05, 0) is 12.5 Å². The first-order valence-electron chi connectivity index (χ1n) is 4.55. The SMILES string of the molecule is Cc1ccc([N+](=O)[O-])cc1-c1oncc1N. The van der Waals surface area contributed by atoms with Crippen molar-refractivity contribution in [3.8, 4) is 11.3 Å². The van der Waals surface area contributed by atoms with Crippen LogP contribution in [0.15, 0.2) is 28.9 Å². The van der Waals surface area contributed by atoms with Crippen molar-refractivity contribution in [3.05, 3.63) is 40.1 Å². The highest BCUT2D eigenvalue weighted by Gasteiger charge is 2.15. The number of nitro benzene ring substituents is 1. The lowest BCUT2D eigenvalue weighted by Gasteiger charge is -2.02. The molecule has 16 heavy (non-hydrogen) atoms. The van der Waals surface area contributed by atoms with Gasteiger partial charge in [0.15, 0.2) is 5.76 Å². The Balaban J connectivity index is 2.60. The topological polar surface area (TPSA) is 95.2 Å². The lowest BCUT2D eigenvalue weighted by Crippen LogP contribution is -1.92. The highest BCUT2D eigenvalue weighted by atomic mass is 16.6. The third-order valence-electron chi connectivity index (χ3n) is 2.27. The second-order valence-corrected chi connectivity index (χ2v) is 3.37. The summed E-state index contributed by atoms with van der Waals surface area (Å²) in [5.41, 5.74) is 7.43. The summed E-state index contributed by atoms with van der Waals surface area (Å²) in [6.07, 6.45) is 1.37. The molecule has 0 unspecified atom stereocenters. The van der Waals surface area contributed by atoms with Crippen LogP contribution in [0.5, 0.6) is 0 Å². The molecule has 0 amide bonds. The number of nitrogens with two attached hydrogens (primary N) is 1. The van der Waals surface area contributed by atoms with Gasteiger partial charge < -0.3 is 10.3 Å². The third-order valence-corrected chi connectivity index (χ3v) is 2.27. The minimum Gasteiger partial charge on any atom is -0.394 e. The predicted octanol–water partition coefficient (Wildman–Crippen LogP) is 2.14. The van der Waals surface area contributed by atoms with E-state index >= 15 is 0 Å². The number of nitrogens with zero attached hydrogens (tertiary/aromatic N) is 2. The Morgan fingerprint density at radius 1 is 1.50 bits per heavy atom. The number of anilines is 1. The van der Waals surface area contributed by atoms with Crippen molar-refractivity contribution < 1.29 is 9.45 Å². The Morgan fingerprint density at radius 3 is 2.81 bits per heavy atom. The van der Waals surface area contributed by atoms with Crippen molar-refractivity contribution in [1.82, 2.24) is 5.16 Å². The van der Waals surface area contributed by atoms with E-state index in [0.717, 1.165) is 5.56 Å². The molecule has 0 bridgehead atoms. The van der Waals surface area contributed by atoms with Gasteiger partial charge in [-0.3, -0.25) is 10.1 Å². The largest absolute Gasteiger partial charge is 0.394 e. The second kappa shape index (κ2) is 3.65. The van der Waals surface area contributed by atoms with Gasteiger partial charge in [0.25, 0.3) is 5.69 Å². The van der Waals surface area contributed by atoms with Crippen LogP contribution in [0.4, 0.5) is 11.4 Å². The number of benzene rings is 1. The fraction of sp³-hybridized carbons (Fsp3) is 0.100. The molecular weight excluding hydrogens is 210 g/mol. The van der Waals surface area contributed by atoms with Crippen LogP contribution in [0.2, 0.25) is 0 Å². The van der Waals surface area contributed by atoms with Gasteiger partial charge in [-0.2, -0.15) is 0 Å². The lowest BCUT2D eigenvalue weighted by atomic mass is 10.1. The van der Waals surface area contributed by atoms with E-state index in [1.807, 2.05) is 6.92 Å². The molecule has 0 fully saturated rings. The number of nitro groups is 1. The van der Waals surface area contributed by atoms with Crippen LogP contribution in [0.25, 0.3) is 11.3 Å². The maximum absolute atomic E-state index is 10.6. The van der Waals surface area contributed by atoms with Crippen LogP contribution in [0.3, 0.4) is 0 Å². The smallest absolute Gasteiger partial charge is 0.270 e. The highest BCUT2D eigenvalue weighted by Crippen LogP contribution is 2.31. The molecule has 2 N–H and O–H groups in total. The van der Waals surface area contributed by atoms with E-state index in [1.54, 1.807) is 6.07 Å². The number of aromatic nitrogens is 1. The minimum absolute atomic E-state index is 0.00333. The summed E-state index contributed by atoms with van der Waals surface area (Å²) < 4.78 is 4.97. The van der Waals surface area contributed by atoms with Crippen LogP contribution in [-0.2, 0) is 0 Å². The standard InChI is InChI=1S/C10H9N3O3/c1-6-2-3-7(13(14)15)4-8(6)10-9(11)5-12-16-10/h2-5H,11H2,1H3. The molecule has 0 aliphatic rings. The number of hydrogen-bond donors (Lipinski definition) is 1. The molecule has 0 saturated carbocycles. The quantitative estimate of drug-likeness (QED) is 0.616. The Morgan fingerprint density at radius 2 is 2.25 bits per heavy atom. The molecule has 1 aromatic heterocycles. The van der Waals surface area contributed by atoms with E-state index in [-0.39, 0.29) is 5.69 Å². The maximum Gasteiger partial charge on any atom is 0.270 e. The van der Waals surface area contributed by atoms with Gasteiger partial charge in [0, 0.05) is 17.7 Å². The average molecular weight is 219 g/mol. The van der Waals surface area contributed by atoms with Gasteiger partial charge in [-0.1, -0.05) is 11.2 Å². The summed E-state index contributed by atoms with van der Waals surface area (Å²) in [5.74, 6) is 0.362. The van der Waals surface area contributed by atoms with Gasteiger partial charge in [0.1, 0.15) is 5.69 Å². The molecule has 82 valence electrons. The molecule has 1 aromatic carbocycles. The molecule has 2 aromatic rings. The molecule has 6 heteroatoms. The molecule has 2 rings (SSSR count). The van der Waals surface area contributed by atoms with Gasteiger partial charge in [-0.15, -0.1) is 0 Å². The minimum atomic E-state index is -0.463. The maximum atomic E-state index is 10.6. The van der Waals surface area contributed by atoms with Crippen LogP contribution >= 0.6 is 0 Å². The summed E-state index contributed by atoms with van der Waals surface area (Å²) in [5, 5.41) is 14.2. The van der Waals surface area contributed by atoms with Gasteiger partial charge in [0.2, 0.25) is 0 Å². The summed E-state index contributed by atoms with van der Waals surface area (Å²) >= 11 is 0. The molecule has 0 spiro atoms. The summed E-state index contributed by atoms with van der Waals surface area (Å²) in [6, 6.07) is 4.51. The number of nitrogen functional groups attached to an aromatic ring is 1. The Bertz CT molecular complexity index is 548. The summed E-state index contributed by atoms with van der Waals surface area (Å²) in [7, 11) is 0. The van der Waals surface area contributed by atoms with Gasteiger partial charge in [0.05, 0.1) is 11.1 Å². The van der Waals surface area contributed by atoms with E-state index in [9.17, 15) is 10.1 Å². The van der Waals surface area contributed by atoms with E-state index in [0.29, 0.717) is 17.0 Å². The molecule has 0 radical (unpaired) electrons. The van der Waals surface area contributed by atoms with Crippen molar-refractivity contribution in [3.63, 3.8) is 0 Å². The summed E-state index contributed by atoms with van der Waals surface area (Å²) in [4.78, 5) is 10.2. The van der Waals surface area contributed by atoms with Crippen molar-refractivity contribution in [2.45, 2.75) is 6.92 Å². The molecule has 0 aliphatic heterocycles. The monoisotopic (exact) mass is 219 g/mol. The number of rotatable bonds is 2. The van der Waals surface area contributed by atoms with Crippen LogP contribution in [0.1, 0.15) is 5.56 Å². The van der Waals surface area contributed by atoms with E-state index < -0.39 is 4.92 Å². The first kappa shape index (κ1) is 10.2. The number of hydrogen-bond acceptors (Lipinski definition) is 5. The average Bonchev–Trinajstić information content (AvgIpc) is 2.65. The zero-order chi connectivity index (χ0) is 11.7. The Hall–Kier alpha value is -2.37. The van der Waals surface area contributed by atoms with Gasteiger partial charge in [-0.25, -0.2) is 0 Å². The van der Waals surface area contributed by atoms with Crippen LogP contribution < -0.4 is 5.73 Å². The molecular formula is C10H9N3O3. The first-order valence-corrected chi connectivity index (χ1v) is 4.55. The van der Waals surface area contributed by atoms with Crippen molar-refractivity contribution >= 4 is 11.4 Å². The number of non-ortho nitro benzene ring substituents is 1. The summed E-state index contributed by atoms with van der Waals surface area (Å²) in [6.45, 7) is 1.82. The number of aryl methyl sites for hydroxylation is 1. The van der Waals surface area contributed by atoms with Crippen LogP contribution in [0, 0.1) is 17.0 Å². The van der Waals surface area contributed by atoms with Crippen molar-refractivity contribution in [2.75, 3.05) is 5.73 Å². The van der Waals surface area contributed by atoms with Crippen molar-refractivity contribution in [1.29, 1.82) is 0 Å². The Kier molecular flexibility index (Phi) is 2.32. The zero-order valence-corrected chi connectivity index (χ0v) is 8.51. The van der Waals surface area contributed by atoms with Gasteiger partial charge >= 0.3 is 0 Å². The normalized spacial score (nSPS) is 10.3. The molecule has 0 atom stereocenters. The third kappa shape index (κ3) is 1.60. The molecule has 6 nitrogen and oxygen atoms in total. The zero-order valence-electron chi connectivity index (χ0n) is 8.51. The Labute approximate surface area is 90.8 Å². The van der Waals surface area contributed by atoms with Crippen LogP contribution in [-0.4, -0.2) is 10.1 Å². The highest BCUT2D eigenvalue weighted by molar-refractivity contribution is 5.74. The second-order valence-electron chi connectivity index (χ2n) is 3.37. The first-order chi connectivity index (χ1) is 7.59. The molecule has 0 saturated heterocycles. The van der Waals surface area contributed by atoms with E-state index in [2.05, 4.69) is 5.16 Å². The lowest BCUT2D eigenvalue weighted by molar-refractivity contribution is -0.384. The molecule has 1 heterocycles.